The van der Waals surface area contributed by atoms with Crippen LogP contribution in [0.25, 0.3) is 0 Å². The molecule has 1 heterocycles. The van der Waals surface area contributed by atoms with E-state index in [1.165, 1.54) is 38.8 Å². The van der Waals surface area contributed by atoms with E-state index >= 15 is 0 Å². The third-order valence-electron chi connectivity index (χ3n) is 5.36. The van der Waals surface area contributed by atoms with Gasteiger partial charge in [-0.05, 0) is 56.5 Å². The van der Waals surface area contributed by atoms with Gasteiger partial charge in [-0.15, -0.1) is 24.0 Å². The Kier molecular flexibility index (Phi) is 12.2. The van der Waals surface area contributed by atoms with Crippen LogP contribution in [0, 0.1) is 5.92 Å². The molecule has 29 heavy (non-hydrogen) atoms. The molecular formula is C22H38IN5O. The van der Waals surface area contributed by atoms with Crippen molar-refractivity contribution in [3.05, 3.63) is 35.4 Å². The molecule has 1 fully saturated rings. The van der Waals surface area contributed by atoms with E-state index in [1.54, 1.807) is 12.1 Å². The Morgan fingerprint density at radius 1 is 1.10 bits per heavy atom. The van der Waals surface area contributed by atoms with Gasteiger partial charge in [-0.3, -0.25) is 9.69 Å². The standard InChI is InChI=1S/C22H37N5O.HI/c1-4-24-22(25-15-18-9-11-19(12-10-18)21(23)28)26-16-20(17(2)3)27-13-7-5-6-8-14-27;/h9-12,17,20H,4-8,13-16H2,1-3H3,(H2,23,28)(H2,24,25,26);1H. The van der Waals surface area contributed by atoms with Crippen LogP contribution in [0.2, 0.25) is 0 Å². The minimum Gasteiger partial charge on any atom is -0.366 e. The maximum absolute atomic E-state index is 11.2. The summed E-state index contributed by atoms with van der Waals surface area (Å²) >= 11 is 0. The van der Waals surface area contributed by atoms with Gasteiger partial charge in [-0.2, -0.15) is 0 Å². The highest BCUT2D eigenvalue weighted by Crippen LogP contribution is 2.17. The van der Waals surface area contributed by atoms with Gasteiger partial charge >= 0.3 is 0 Å². The molecule has 164 valence electrons. The highest BCUT2D eigenvalue weighted by Gasteiger charge is 2.22. The molecule has 1 aromatic carbocycles. The van der Waals surface area contributed by atoms with Crippen molar-refractivity contribution in [2.75, 3.05) is 26.2 Å². The largest absolute Gasteiger partial charge is 0.366 e. The molecule has 6 nitrogen and oxygen atoms in total. The maximum Gasteiger partial charge on any atom is 0.248 e. The Morgan fingerprint density at radius 2 is 1.72 bits per heavy atom. The molecule has 0 aromatic heterocycles. The lowest BCUT2D eigenvalue weighted by atomic mass is 10.0. The lowest BCUT2D eigenvalue weighted by Gasteiger charge is -2.34. The molecule has 4 N–H and O–H groups in total. The van der Waals surface area contributed by atoms with Crippen LogP contribution in [-0.4, -0.2) is 49.0 Å². The van der Waals surface area contributed by atoms with Gasteiger partial charge in [0.2, 0.25) is 5.91 Å². The number of hydrogen-bond acceptors (Lipinski definition) is 3. The molecule has 1 atom stereocenters. The normalized spacial score (nSPS) is 16.6. The number of rotatable bonds is 8. The summed E-state index contributed by atoms with van der Waals surface area (Å²) in [5.74, 6) is 1.02. The SMILES string of the molecule is CCNC(=NCc1ccc(C(N)=O)cc1)NCC(C(C)C)N1CCCCCC1.I. The molecule has 1 amide bonds. The van der Waals surface area contributed by atoms with E-state index in [1.807, 2.05) is 12.1 Å². The van der Waals surface area contributed by atoms with Crippen molar-refractivity contribution in [3.8, 4) is 0 Å². The molecule has 0 radical (unpaired) electrons. The average molecular weight is 515 g/mol. The van der Waals surface area contributed by atoms with Crippen molar-refractivity contribution in [1.82, 2.24) is 15.5 Å². The zero-order valence-corrected chi connectivity index (χ0v) is 20.4. The number of aliphatic imine (C=N–C) groups is 1. The van der Waals surface area contributed by atoms with Crippen LogP contribution in [0.5, 0.6) is 0 Å². The summed E-state index contributed by atoms with van der Waals surface area (Å²) in [6.45, 7) is 11.4. The number of nitrogens with zero attached hydrogens (tertiary/aromatic N) is 2. The van der Waals surface area contributed by atoms with Crippen LogP contribution in [0.3, 0.4) is 0 Å². The molecule has 1 aliphatic rings. The minimum atomic E-state index is -0.404. The monoisotopic (exact) mass is 515 g/mol. The lowest BCUT2D eigenvalue weighted by Crippen LogP contribution is -2.49. The number of carbonyl (C=O) groups is 1. The first kappa shape index (κ1) is 25.7. The first-order valence-electron chi connectivity index (χ1n) is 10.7. The fourth-order valence-corrected chi connectivity index (χ4v) is 3.70. The second kappa shape index (κ2) is 13.8. The summed E-state index contributed by atoms with van der Waals surface area (Å²) in [7, 11) is 0. The quantitative estimate of drug-likeness (QED) is 0.282. The Balaban J connectivity index is 0.00000420. The molecule has 1 unspecified atom stereocenters. The molecule has 2 rings (SSSR count). The Bertz CT molecular complexity index is 625. The first-order valence-corrected chi connectivity index (χ1v) is 10.7. The minimum absolute atomic E-state index is 0. The summed E-state index contributed by atoms with van der Waals surface area (Å²) in [6, 6.07) is 7.82. The average Bonchev–Trinajstić information content (AvgIpc) is 2.95. The highest BCUT2D eigenvalue weighted by atomic mass is 127. The Labute approximate surface area is 193 Å². The number of halogens is 1. The van der Waals surface area contributed by atoms with Crippen LogP contribution in [-0.2, 0) is 6.54 Å². The summed E-state index contributed by atoms with van der Waals surface area (Å²) < 4.78 is 0. The first-order chi connectivity index (χ1) is 13.5. The van der Waals surface area contributed by atoms with E-state index in [2.05, 4.69) is 36.3 Å². The van der Waals surface area contributed by atoms with E-state index in [9.17, 15) is 4.79 Å². The number of carbonyl (C=O) groups excluding carboxylic acids is 1. The van der Waals surface area contributed by atoms with Crippen LogP contribution < -0.4 is 16.4 Å². The highest BCUT2D eigenvalue weighted by molar-refractivity contribution is 14.0. The van der Waals surface area contributed by atoms with Gasteiger partial charge in [0, 0.05) is 24.7 Å². The van der Waals surface area contributed by atoms with Crippen LogP contribution >= 0.6 is 24.0 Å². The van der Waals surface area contributed by atoms with Crippen LogP contribution in [0.1, 0.15) is 62.4 Å². The van der Waals surface area contributed by atoms with Gasteiger partial charge in [-0.25, -0.2) is 4.99 Å². The Morgan fingerprint density at radius 3 is 2.24 bits per heavy atom. The van der Waals surface area contributed by atoms with Gasteiger partial charge in [0.15, 0.2) is 5.96 Å². The molecule has 1 aromatic rings. The van der Waals surface area contributed by atoms with E-state index in [-0.39, 0.29) is 24.0 Å². The van der Waals surface area contributed by atoms with E-state index in [4.69, 9.17) is 10.7 Å². The van der Waals surface area contributed by atoms with Crippen molar-refractivity contribution < 1.29 is 4.79 Å². The fourth-order valence-electron chi connectivity index (χ4n) is 3.70. The number of primary amides is 1. The van der Waals surface area contributed by atoms with Crippen molar-refractivity contribution in [1.29, 1.82) is 0 Å². The third kappa shape index (κ3) is 8.90. The van der Waals surface area contributed by atoms with Crippen molar-refractivity contribution >= 4 is 35.8 Å². The van der Waals surface area contributed by atoms with Crippen LogP contribution in [0.4, 0.5) is 0 Å². The van der Waals surface area contributed by atoms with Gasteiger partial charge in [0.1, 0.15) is 0 Å². The topological polar surface area (TPSA) is 82.7 Å². The number of hydrogen-bond donors (Lipinski definition) is 3. The zero-order valence-electron chi connectivity index (χ0n) is 18.1. The van der Waals surface area contributed by atoms with Crippen molar-refractivity contribution in [2.24, 2.45) is 16.6 Å². The molecule has 1 saturated heterocycles. The number of nitrogens with one attached hydrogen (secondary N) is 2. The van der Waals surface area contributed by atoms with Gasteiger partial charge in [0.25, 0.3) is 0 Å². The molecule has 7 heteroatoms. The van der Waals surface area contributed by atoms with Crippen molar-refractivity contribution in [3.63, 3.8) is 0 Å². The lowest BCUT2D eigenvalue weighted by molar-refractivity contribution is 0.100. The third-order valence-corrected chi connectivity index (χ3v) is 5.36. The van der Waals surface area contributed by atoms with Crippen molar-refractivity contribution in [2.45, 2.75) is 59.0 Å². The molecule has 0 aliphatic carbocycles. The Hall–Kier alpha value is -1.35. The van der Waals surface area contributed by atoms with Gasteiger partial charge in [0.05, 0.1) is 6.54 Å². The number of guanidine groups is 1. The number of amides is 1. The summed E-state index contributed by atoms with van der Waals surface area (Å²) in [4.78, 5) is 18.6. The van der Waals surface area contributed by atoms with E-state index < -0.39 is 5.91 Å². The second-order valence-corrected chi connectivity index (χ2v) is 7.90. The number of likely N-dealkylation sites (tertiary alicyclic amines) is 1. The number of benzene rings is 1. The van der Waals surface area contributed by atoms with E-state index in [0.29, 0.717) is 24.1 Å². The van der Waals surface area contributed by atoms with Gasteiger partial charge < -0.3 is 16.4 Å². The molecular weight excluding hydrogens is 477 g/mol. The summed E-state index contributed by atoms with van der Waals surface area (Å²) in [6.07, 6.45) is 5.32. The summed E-state index contributed by atoms with van der Waals surface area (Å²) in [5, 5.41) is 6.88. The summed E-state index contributed by atoms with van der Waals surface area (Å²) in [5.41, 5.74) is 6.87. The second-order valence-electron chi connectivity index (χ2n) is 7.90. The predicted molar refractivity (Wildman–Crippen MR) is 132 cm³/mol. The van der Waals surface area contributed by atoms with E-state index in [0.717, 1.165) is 24.6 Å². The molecule has 1 aliphatic heterocycles. The fraction of sp³-hybridized carbons (Fsp3) is 0.636. The maximum atomic E-state index is 11.2. The molecule has 0 spiro atoms. The molecule has 0 saturated carbocycles. The predicted octanol–water partition coefficient (Wildman–Crippen LogP) is 3.36. The smallest absolute Gasteiger partial charge is 0.248 e. The number of nitrogens with two attached hydrogens (primary N) is 1. The zero-order chi connectivity index (χ0) is 20.4. The van der Waals surface area contributed by atoms with Crippen LogP contribution in [0.15, 0.2) is 29.3 Å². The molecule has 0 bridgehead atoms. The van der Waals surface area contributed by atoms with Gasteiger partial charge in [-0.1, -0.05) is 38.8 Å².